The Morgan fingerprint density at radius 2 is 1.43 bits per heavy atom. The summed E-state index contributed by atoms with van der Waals surface area (Å²) in [7, 11) is 0. The van der Waals surface area contributed by atoms with E-state index in [4.69, 9.17) is 16.6 Å². The molecule has 1 amide bonds. The van der Waals surface area contributed by atoms with Crippen LogP contribution < -0.4 is 10.6 Å². The molecule has 2 N–H and O–H groups in total. The molecule has 5 aromatic carbocycles. The van der Waals surface area contributed by atoms with Gasteiger partial charge in [0.1, 0.15) is 5.52 Å². The smallest absolute Gasteiger partial charge is 0.258 e. The fraction of sp³-hybridized carbons (Fsp3) is 0. The molecule has 1 aromatic heterocycles. The molecule has 0 saturated carbocycles. The molecule has 0 aliphatic carbocycles. The van der Waals surface area contributed by atoms with Crippen molar-refractivity contribution in [1.29, 1.82) is 0 Å². The minimum atomic E-state index is -0.266. The zero-order chi connectivity index (χ0) is 25.2. The third kappa shape index (κ3) is 4.70. The summed E-state index contributed by atoms with van der Waals surface area (Å²) in [5.74, 6) is 0.275. The number of nitrogens with zero attached hydrogens (tertiary/aromatic N) is 1. The molecule has 6 rings (SSSR count). The van der Waals surface area contributed by atoms with Gasteiger partial charge < -0.3 is 9.73 Å². The average molecular weight is 500 g/mol. The van der Waals surface area contributed by atoms with Gasteiger partial charge in [0, 0.05) is 16.8 Å². The van der Waals surface area contributed by atoms with Crippen LogP contribution in [0.5, 0.6) is 0 Å². The van der Waals surface area contributed by atoms with Crippen LogP contribution in [0, 0.1) is 0 Å². The number of hydrogen-bond donors (Lipinski definition) is 2. The van der Waals surface area contributed by atoms with Gasteiger partial charge in [0.15, 0.2) is 10.7 Å². The highest BCUT2D eigenvalue weighted by molar-refractivity contribution is 7.80. The quantitative estimate of drug-likeness (QED) is 0.247. The summed E-state index contributed by atoms with van der Waals surface area (Å²) in [6.07, 6.45) is 0. The summed E-state index contributed by atoms with van der Waals surface area (Å²) < 4.78 is 5.98. The number of nitrogens with one attached hydrogen (secondary N) is 2. The van der Waals surface area contributed by atoms with Gasteiger partial charge in [-0.3, -0.25) is 10.1 Å². The standard InChI is InChI=1S/C31H21N3O2S/c35-29(26-12-6-10-22-9-4-5-11-25(22)26)34-31(37)32-24-17-18-28-27(19-24)33-30(36-28)23-15-13-21(14-16-23)20-7-2-1-3-8-20/h1-19H,(H2,32,34,35,37). The van der Waals surface area contributed by atoms with Gasteiger partial charge in [-0.2, -0.15) is 0 Å². The normalized spacial score (nSPS) is 10.9. The summed E-state index contributed by atoms with van der Waals surface area (Å²) in [6, 6.07) is 37.2. The zero-order valence-corrected chi connectivity index (χ0v) is 20.5. The average Bonchev–Trinajstić information content (AvgIpc) is 3.37. The van der Waals surface area contributed by atoms with Gasteiger partial charge in [-0.1, -0.05) is 78.9 Å². The molecule has 6 aromatic rings. The van der Waals surface area contributed by atoms with E-state index in [1.807, 2.05) is 84.9 Å². The number of oxazole rings is 1. The van der Waals surface area contributed by atoms with Crippen molar-refractivity contribution in [2.24, 2.45) is 0 Å². The van der Waals surface area contributed by atoms with Gasteiger partial charge in [-0.25, -0.2) is 4.98 Å². The Labute approximate surface area is 218 Å². The predicted molar refractivity (Wildman–Crippen MR) is 153 cm³/mol. The molecular formula is C31H21N3O2S. The Hall–Kier alpha value is -4.81. The lowest BCUT2D eigenvalue weighted by Gasteiger charge is -2.11. The molecule has 0 radical (unpaired) electrons. The van der Waals surface area contributed by atoms with Crippen molar-refractivity contribution in [3.63, 3.8) is 0 Å². The third-order valence-corrected chi connectivity index (χ3v) is 6.35. The van der Waals surface area contributed by atoms with Crippen molar-refractivity contribution in [3.05, 3.63) is 121 Å². The number of amides is 1. The van der Waals surface area contributed by atoms with Crippen molar-refractivity contribution < 1.29 is 9.21 Å². The lowest BCUT2D eigenvalue weighted by atomic mass is 10.0. The van der Waals surface area contributed by atoms with E-state index in [0.717, 1.165) is 27.5 Å². The Bertz CT molecular complexity index is 1750. The maximum Gasteiger partial charge on any atom is 0.258 e. The summed E-state index contributed by atoms with van der Waals surface area (Å²) in [6.45, 7) is 0. The van der Waals surface area contributed by atoms with Crippen molar-refractivity contribution >= 4 is 50.8 Å². The van der Waals surface area contributed by atoms with E-state index in [9.17, 15) is 4.79 Å². The third-order valence-electron chi connectivity index (χ3n) is 6.15. The Balaban J connectivity index is 1.17. The molecule has 0 spiro atoms. The van der Waals surface area contributed by atoms with Crippen molar-refractivity contribution in [2.75, 3.05) is 5.32 Å². The van der Waals surface area contributed by atoms with E-state index in [1.54, 1.807) is 6.07 Å². The van der Waals surface area contributed by atoms with Crippen LogP contribution in [-0.4, -0.2) is 16.0 Å². The van der Waals surface area contributed by atoms with E-state index in [0.29, 0.717) is 28.2 Å². The summed E-state index contributed by atoms with van der Waals surface area (Å²) in [5, 5.41) is 7.92. The lowest BCUT2D eigenvalue weighted by molar-refractivity contribution is 0.0979. The molecule has 0 atom stereocenters. The minimum absolute atomic E-state index is 0.206. The highest BCUT2D eigenvalue weighted by Gasteiger charge is 2.13. The van der Waals surface area contributed by atoms with E-state index < -0.39 is 0 Å². The molecular weight excluding hydrogens is 478 g/mol. The highest BCUT2D eigenvalue weighted by Crippen LogP contribution is 2.28. The largest absolute Gasteiger partial charge is 0.436 e. The number of carbonyl (C=O) groups excluding carboxylic acids is 1. The van der Waals surface area contributed by atoms with E-state index in [2.05, 4.69) is 39.9 Å². The summed E-state index contributed by atoms with van der Waals surface area (Å²) >= 11 is 5.41. The van der Waals surface area contributed by atoms with Crippen LogP contribution in [0.1, 0.15) is 10.4 Å². The number of fused-ring (bicyclic) bond motifs is 2. The maximum atomic E-state index is 12.9. The van der Waals surface area contributed by atoms with Crippen LogP contribution in [-0.2, 0) is 0 Å². The molecule has 0 saturated heterocycles. The highest BCUT2D eigenvalue weighted by atomic mass is 32.1. The first-order valence-electron chi connectivity index (χ1n) is 11.8. The number of hydrogen-bond acceptors (Lipinski definition) is 4. The number of rotatable bonds is 4. The monoisotopic (exact) mass is 499 g/mol. The van der Waals surface area contributed by atoms with E-state index in [-0.39, 0.29) is 11.0 Å². The van der Waals surface area contributed by atoms with Gasteiger partial charge in [0.05, 0.1) is 0 Å². The first-order chi connectivity index (χ1) is 18.1. The molecule has 0 fully saturated rings. The van der Waals surface area contributed by atoms with Crippen LogP contribution in [0.4, 0.5) is 5.69 Å². The molecule has 5 nitrogen and oxygen atoms in total. The number of aromatic nitrogens is 1. The second-order valence-electron chi connectivity index (χ2n) is 8.58. The Morgan fingerprint density at radius 1 is 0.730 bits per heavy atom. The van der Waals surface area contributed by atoms with Crippen LogP contribution in [0.2, 0.25) is 0 Å². The van der Waals surface area contributed by atoms with E-state index >= 15 is 0 Å². The minimum Gasteiger partial charge on any atom is -0.436 e. The molecule has 0 bridgehead atoms. The van der Waals surface area contributed by atoms with Gasteiger partial charge in [-0.05, 0) is 70.5 Å². The second kappa shape index (κ2) is 9.68. The number of anilines is 1. The summed E-state index contributed by atoms with van der Waals surface area (Å²) in [4.78, 5) is 17.5. The van der Waals surface area contributed by atoms with Crippen LogP contribution >= 0.6 is 12.2 Å². The number of benzene rings is 5. The van der Waals surface area contributed by atoms with Crippen LogP contribution in [0.25, 0.3) is 44.5 Å². The number of thiocarbonyl (C=S) groups is 1. The molecule has 1 heterocycles. The molecule has 37 heavy (non-hydrogen) atoms. The van der Waals surface area contributed by atoms with Crippen LogP contribution in [0.3, 0.4) is 0 Å². The van der Waals surface area contributed by atoms with Gasteiger partial charge in [0.2, 0.25) is 5.89 Å². The van der Waals surface area contributed by atoms with Crippen molar-refractivity contribution in [1.82, 2.24) is 10.3 Å². The number of carbonyl (C=O) groups is 1. The maximum absolute atomic E-state index is 12.9. The first kappa shape index (κ1) is 22.6. The fourth-order valence-electron chi connectivity index (χ4n) is 4.32. The van der Waals surface area contributed by atoms with Crippen molar-refractivity contribution in [3.8, 4) is 22.6 Å². The van der Waals surface area contributed by atoms with Gasteiger partial charge in [-0.15, -0.1) is 0 Å². The Kier molecular flexibility index (Phi) is 5.92. The fourth-order valence-corrected chi connectivity index (χ4v) is 4.53. The summed E-state index contributed by atoms with van der Waals surface area (Å²) in [5.41, 5.74) is 5.81. The lowest BCUT2D eigenvalue weighted by Crippen LogP contribution is -2.34. The SMILES string of the molecule is O=C(NC(=S)Nc1ccc2oc(-c3ccc(-c4ccccc4)cc3)nc2c1)c1cccc2ccccc12. The molecule has 0 unspecified atom stereocenters. The van der Waals surface area contributed by atoms with Crippen molar-refractivity contribution in [2.45, 2.75) is 0 Å². The molecule has 178 valence electrons. The molecule has 6 heteroatoms. The predicted octanol–water partition coefficient (Wildman–Crippen LogP) is 7.44. The first-order valence-corrected chi connectivity index (χ1v) is 12.2. The van der Waals surface area contributed by atoms with Crippen LogP contribution in [0.15, 0.2) is 120 Å². The topological polar surface area (TPSA) is 67.2 Å². The molecule has 0 aliphatic heterocycles. The van der Waals surface area contributed by atoms with Gasteiger partial charge in [0.25, 0.3) is 5.91 Å². The van der Waals surface area contributed by atoms with Gasteiger partial charge >= 0.3 is 0 Å². The van der Waals surface area contributed by atoms with E-state index in [1.165, 1.54) is 0 Å². The Morgan fingerprint density at radius 3 is 2.27 bits per heavy atom. The second-order valence-corrected chi connectivity index (χ2v) is 8.99. The zero-order valence-electron chi connectivity index (χ0n) is 19.6. The molecule has 0 aliphatic rings.